The van der Waals surface area contributed by atoms with Crippen molar-refractivity contribution in [2.45, 2.75) is 63.2 Å². The van der Waals surface area contributed by atoms with Crippen molar-refractivity contribution in [1.29, 1.82) is 0 Å². The molecule has 1 aliphatic heterocycles. The van der Waals surface area contributed by atoms with E-state index >= 15 is 0 Å². The van der Waals surface area contributed by atoms with E-state index in [9.17, 15) is 13.5 Å². The third-order valence-electron chi connectivity index (χ3n) is 6.74. The number of aliphatic hydroxyl groups is 1. The summed E-state index contributed by atoms with van der Waals surface area (Å²) in [4.78, 5) is 8.19. The molecule has 2 aromatic carbocycles. The smallest absolute Gasteiger partial charge is 0.264 e. The molecule has 0 saturated heterocycles. The molecule has 7 nitrogen and oxygen atoms in total. The zero-order valence-corrected chi connectivity index (χ0v) is 20.0. The van der Waals surface area contributed by atoms with Crippen LogP contribution in [0.25, 0.3) is 0 Å². The van der Waals surface area contributed by atoms with E-state index in [0.29, 0.717) is 22.9 Å². The first-order valence-electron chi connectivity index (χ1n) is 11.8. The fraction of sp³-hybridized carbons (Fsp3) is 0.385. The van der Waals surface area contributed by atoms with Crippen LogP contribution in [-0.4, -0.2) is 29.5 Å². The first-order valence-corrected chi connectivity index (χ1v) is 13.2. The lowest BCUT2D eigenvalue weighted by Gasteiger charge is -2.38. The van der Waals surface area contributed by atoms with Crippen molar-refractivity contribution in [3.63, 3.8) is 0 Å². The van der Waals surface area contributed by atoms with Crippen molar-refractivity contribution in [2.75, 3.05) is 4.31 Å². The molecule has 1 aliphatic carbocycles. The highest BCUT2D eigenvalue weighted by Crippen LogP contribution is 2.45. The van der Waals surface area contributed by atoms with E-state index in [1.165, 1.54) is 18.0 Å². The highest BCUT2D eigenvalue weighted by atomic mass is 32.2. The summed E-state index contributed by atoms with van der Waals surface area (Å²) in [5.74, 6) is 0.840. The van der Waals surface area contributed by atoms with Crippen LogP contribution >= 0.6 is 0 Å². The fourth-order valence-electron chi connectivity index (χ4n) is 4.74. The fourth-order valence-corrected chi connectivity index (χ4v) is 6.57. The summed E-state index contributed by atoms with van der Waals surface area (Å²) >= 11 is 0. The van der Waals surface area contributed by atoms with Gasteiger partial charge >= 0.3 is 0 Å². The number of sulfonamides is 1. The Morgan fingerprint density at radius 3 is 2.68 bits per heavy atom. The highest BCUT2D eigenvalue weighted by Gasteiger charge is 2.43. The Morgan fingerprint density at radius 2 is 1.97 bits per heavy atom. The monoisotopic (exact) mass is 479 g/mol. The van der Waals surface area contributed by atoms with E-state index in [0.717, 1.165) is 43.4 Å². The van der Waals surface area contributed by atoms with Crippen LogP contribution in [0.4, 0.5) is 5.69 Å². The maximum atomic E-state index is 14.0. The molecule has 178 valence electrons. The number of aromatic nitrogens is 2. The predicted octanol–water partition coefficient (Wildman–Crippen LogP) is 4.03. The number of nitrogens with zero attached hydrogens (tertiary/aromatic N) is 3. The Bertz CT molecular complexity index is 1280. The molecule has 8 heteroatoms. The lowest BCUT2D eigenvalue weighted by atomic mass is 9.93. The van der Waals surface area contributed by atoms with E-state index in [-0.39, 0.29) is 24.2 Å². The number of aryl methyl sites for hydroxylation is 2. The number of benzene rings is 2. The average molecular weight is 480 g/mol. The SMILES string of the molecule is CCc1ccc2c(c1)CCC(C1CC1)N2S(=O)(=O)c1ccc(OCc2ccncn2)c(CO)c1. The third-order valence-corrected chi connectivity index (χ3v) is 8.58. The normalized spacial score (nSPS) is 17.9. The van der Waals surface area contributed by atoms with Gasteiger partial charge in [0.1, 0.15) is 18.7 Å². The number of hydrogen-bond acceptors (Lipinski definition) is 6. The summed E-state index contributed by atoms with van der Waals surface area (Å²) in [5.41, 5.74) is 4.21. The van der Waals surface area contributed by atoms with E-state index < -0.39 is 10.0 Å². The van der Waals surface area contributed by atoms with Crippen LogP contribution in [0, 0.1) is 5.92 Å². The quantitative estimate of drug-likeness (QED) is 0.524. The van der Waals surface area contributed by atoms with Crippen molar-refractivity contribution in [3.05, 3.63) is 77.4 Å². The molecule has 0 spiro atoms. The molecule has 1 N–H and O–H groups in total. The molecule has 3 aromatic rings. The minimum absolute atomic E-state index is 0.0313. The van der Waals surface area contributed by atoms with Crippen LogP contribution in [0.2, 0.25) is 0 Å². The zero-order valence-electron chi connectivity index (χ0n) is 19.2. The molecule has 1 fully saturated rings. The summed E-state index contributed by atoms with van der Waals surface area (Å²) in [7, 11) is -3.82. The summed E-state index contributed by atoms with van der Waals surface area (Å²) in [6, 6.07) is 12.6. The van der Waals surface area contributed by atoms with E-state index in [1.54, 1.807) is 28.7 Å². The van der Waals surface area contributed by atoms with Gasteiger partial charge in [-0.15, -0.1) is 0 Å². The van der Waals surface area contributed by atoms with Gasteiger partial charge in [0.25, 0.3) is 10.0 Å². The Labute approximate surface area is 200 Å². The number of anilines is 1. The van der Waals surface area contributed by atoms with Crippen LogP contribution in [-0.2, 0) is 36.1 Å². The molecule has 1 atom stereocenters. The molecule has 0 amide bonds. The standard InChI is InChI=1S/C26H29N3O4S/c1-2-18-3-8-25-20(13-18)6-9-24(19-4-5-19)29(25)34(31,32)23-7-10-26(21(14-23)15-30)33-16-22-11-12-27-17-28-22/h3,7-8,10-14,17,19,24,30H,2,4-6,9,15-16H2,1H3. The molecule has 2 heterocycles. The first-order chi connectivity index (χ1) is 16.5. The second kappa shape index (κ2) is 9.35. The Kier molecular flexibility index (Phi) is 6.27. The van der Waals surface area contributed by atoms with Crippen LogP contribution < -0.4 is 9.04 Å². The first kappa shape index (κ1) is 22.8. The summed E-state index contributed by atoms with van der Waals surface area (Å²) in [6.45, 7) is 1.98. The topological polar surface area (TPSA) is 92.6 Å². The number of ether oxygens (including phenoxy) is 1. The van der Waals surface area contributed by atoms with Gasteiger partial charge in [-0.1, -0.05) is 19.1 Å². The van der Waals surface area contributed by atoms with Gasteiger partial charge in [-0.25, -0.2) is 18.4 Å². The zero-order chi connectivity index (χ0) is 23.7. The van der Waals surface area contributed by atoms with E-state index in [1.807, 2.05) is 12.1 Å². The Morgan fingerprint density at radius 1 is 1.12 bits per heavy atom. The van der Waals surface area contributed by atoms with Gasteiger partial charge in [-0.3, -0.25) is 4.31 Å². The summed E-state index contributed by atoms with van der Waals surface area (Å²) in [5, 5.41) is 9.97. The molecule has 5 rings (SSSR count). The molecule has 2 aliphatic rings. The van der Waals surface area contributed by atoms with Crippen molar-refractivity contribution >= 4 is 15.7 Å². The molecule has 1 unspecified atom stereocenters. The Balaban J connectivity index is 1.48. The molecule has 0 bridgehead atoms. The van der Waals surface area contributed by atoms with Crippen molar-refractivity contribution in [1.82, 2.24) is 9.97 Å². The molecule has 1 aromatic heterocycles. The van der Waals surface area contributed by atoms with E-state index in [4.69, 9.17) is 4.74 Å². The van der Waals surface area contributed by atoms with Crippen molar-refractivity contribution in [3.8, 4) is 5.75 Å². The Hall–Kier alpha value is -2.97. The largest absolute Gasteiger partial charge is 0.487 e. The highest BCUT2D eigenvalue weighted by molar-refractivity contribution is 7.92. The lowest BCUT2D eigenvalue weighted by molar-refractivity contribution is 0.257. The molecule has 0 radical (unpaired) electrons. The molecular weight excluding hydrogens is 450 g/mol. The molecule has 1 saturated carbocycles. The van der Waals surface area contributed by atoms with Gasteiger partial charge in [0.2, 0.25) is 0 Å². The number of fused-ring (bicyclic) bond motifs is 1. The number of aliphatic hydroxyl groups excluding tert-OH is 1. The van der Waals surface area contributed by atoms with Crippen LogP contribution in [0.5, 0.6) is 5.75 Å². The van der Waals surface area contributed by atoms with Crippen molar-refractivity contribution in [2.24, 2.45) is 5.92 Å². The van der Waals surface area contributed by atoms with Gasteiger partial charge in [-0.2, -0.15) is 0 Å². The minimum Gasteiger partial charge on any atom is -0.487 e. The van der Waals surface area contributed by atoms with Gasteiger partial charge in [0.15, 0.2) is 0 Å². The maximum absolute atomic E-state index is 14.0. The summed E-state index contributed by atoms with van der Waals surface area (Å²) < 4.78 is 35.5. The predicted molar refractivity (Wildman–Crippen MR) is 129 cm³/mol. The number of hydrogen-bond donors (Lipinski definition) is 1. The maximum Gasteiger partial charge on any atom is 0.264 e. The van der Waals surface area contributed by atoms with E-state index in [2.05, 4.69) is 23.0 Å². The lowest BCUT2D eigenvalue weighted by Crippen LogP contribution is -2.45. The van der Waals surface area contributed by atoms with Gasteiger partial charge in [-0.05, 0) is 79.5 Å². The average Bonchev–Trinajstić information content (AvgIpc) is 3.72. The van der Waals surface area contributed by atoms with Gasteiger partial charge < -0.3 is 9.84 Å². The summed E-state index contributed by atoms with van der Waals surface area (Å²) in [6.07, 6.45) is 7.85. The van der Waals surface area contributed by atoms with Crippen LogP contribution in [0.15, 0.2) is 59.9 Å². The van der Waals surface area contributed by atoms with Crippen LogP contribution in [0.1, 0.15) is 48.6 Å². The van der Waals surface area contributed by atoms with Crippen molar-refractivity contribution < 1.29 is 18.3 Å². The second-order valence-corrected chi connectivity index (χ2v) is 10.8. The third kappa shape index (κ3) is 4.40. The molecule has 34 heavy (non-hydrogen) atoms. The second-order valence-electron chi connectivity index (χ2n) is 8.98. The van der Waals surface area contributed by atoms with Crippen LogP contribution in [0.3, 0.4) is 0 Å². The van der Waals surface area contributed by atoms with Gasteiger partial charge in [0.05, 0.1) is 22.9 Å². The minimum atomic E-state index is -3.82. The van der Waals surface area contributed by atoms with Gasteiger partial charge in [0, 0.05) is 17.8 Å². The molecular formula is C26H29N3O4S. The number of rotatable bonds is 8.